The minimum Gasteiger partial charge on any atom is -0.495 e. The Kier molecular flexibility index (Phi) is 5.00. The molecule has 0 aliphatic carbocycles. The molecule has 0 amide bonds. The Morgan fingerprint density at radius 1 is 1.07 bits per heavy atom. The number of fused-ring (bicyclic) bond motifs is 1. The predicted octanol–water partition coefficient (Wildman–Crippen LogP) is 1.58. The van der Waals surface area contributed by atoms with Crippen molar-refractivity contribution in [3.05, 3.63) is 55.9 Å². The third kappa shape index (κ3) is 3.50. The lowest BCUT2D eigenvalue weighted by Crippen LogP contribution is -2.47. The maximum atomic E-state index is 12.2. The van der Waals surface area contributed by atoms with Gasteiger partial charge in [-0.25, -0.2) is 4.79 Å². The fraction of sp³-hybridized carbons (Fsp3) is 0.368. The Hall–Kier alpha value is -2.58. The Morgan fingerprint density at radius 2 is 1.85 bits per heavy atom. The van der Waals surface area contributed by atoms with Gasteiger partial charge in [-0.05, 0) is 12.1 Å². The van der Waals surface area contributed by atoms with Crippen LogP contribution < -0.4 is 20.9 Å². The number of nitrogens with zero attached hydrogens (tertiary/aromatic N) is 3. The summed E-state index contributed by atoms with van der Waals surface area (Å²) in [5.74, 6) is 0.894. The van der Waals surface area contributed by atoms with Gasteiger partial charge in [0.2, 0.25) is 0 Å². The minimum atomic E-state index is -0.335. The second-order valence-corrected chi connectivity index (χ2v) is 7.33. The summed E-state index contributed by atoms with van der Waals surface area (Å²) in [6, 6.07) is 8.07. The molecule has 0 bridgehead atoms. The number of nitrogens with one attached hydrogen (secondary N) is 1. The minimum absolute atomic E-state index is 0.307. The molecule has 0 unspecified atom stereocenters. The summed E-state index contributed by atoms with van der Waals surface area (Å²) in [6.45, 7) is 5.00. The van der Waals surface area contributed by atoms with Crippen LogP contribution in [-0.4, -0.2) is 54.3 Å². The van der Waals surface area contributed by atoms with E-state index < -0.39 is 0 Å². The third-order valence-electron chi connectivity index (χ3n) is 5.08. The standard InChI is InChI=1S/C19H22N4O3S/c1-26-17-5-3-2-4-15(17)22-9-6-21(7-10-22)8-11-23-16-13-27-12-14(16)18(24)20-19(23)25/h2-5,12-13H,6-11H2,1H3,(H,20,24,25). The number of para-hydroxylation sites is 2. The van der Waals surface area contributed by atoms with Crippen LogP contribution in [0.25, 0.3) is 10.9 Å². The van der Waals surface area contributed by atoms with Gasteiger partial charge in [0.05, 0.1) is 23.7 Å². The van der Waals surface area contributed by atoms with Gasteiger partial charge in [0.25, 0.3) is 5.56 Å². The van der Waals surface area contributed by atoms with Crippen LogP contribution in [0.4, 0.5) is 5.69 Å². The van der Waals surface area contributed by atoms with Crippen LogP contribution in [0.5, 0.6) is 5.75 Å². The molecule has 1 aliphatic heterocycles. The molecule has 8 heteroatoms. The van der Waals surface area contributed by atoms with Gasteiger partial charge in [-0.1, -0.05) is 12.1 Å². The second kappa shape index (κ2) is 7.58. The summed E-state index contributed by atoms with van der Waals surface area (Å²) in [6.07, 6.45) is 0. The first kappa shape index (κ1) is 17.8. The molecule has 3 heterocycles. The van der Waals surface area contributed by atoms with E-state index in [4.69, 9.17) is 4.74 Å². The van der Waals surface area contributed by atoms with Crippen LogP contribution in [-0.2, 0) is 6.54 Å². The van der Waals surface area contributed by atoms with Crippen molar-refractivity contribution >= 4 is 27.9 Å². The van der Waals surface area contributed by atoms with E-state index in [1.807, 2.05) is 23.6 Å². The average Bonchev–Trinajstić information content (AvgIpc) is 3.18. The smallest absolute Gasteiger partial charge is 0.328 e. The van der Waals surface area contributed by atoms with E-state index >= 15 is 0 Å². The topological polar surface area (TPSA) is 70.6 Å². The molecule has 1 aliphatic rings. The van der Waals surface area contributed by atoms with Crippen LogP contribution in [0.1, 0.15) is 0 Å². The Bertz CT molecular complexity index is 1050. The van der Waals surface area contributed by atoms with Gasteiger partial charge in [0.1, 0.15) is 5.75 Å². The number of hydrogen-bond donors (Lipinski definition) is 1. The molecule has 4 rings (SSSR count). The van der Waals surface area contributed by atoms with Crippen LogP contribution >= 0.6 is 11.3 Å². The molecular formula is C19H22N4O3S. The molecular weight excluding hydrogens is 364 g/mol. The zero-order chi connectivity index (χ0) is 18.8. The Morgan fingerprint density at radius 3 is 2.63 bits per heavy atom. The molecule has 0 atom stereocenters. The van der Waals surface area contributed by atoms with E-state index in [2.05, 4.69) is 20.9 Å². The summed E-state index contributed by atoms with van der Waals surface area (Å²) >= 11 is 1.44. The van der Waals surface area contributed by atoms with Crippen molar-refractivity contribution in [3.8, 4) is 5.75 Å². The number of thiophene rings is 1. The molecule has 1 fully saturated rings. The van der Waals surface area contributed by atoms with E-state index in [1.165, 1.54) is 11.3 Å². The molecule has 27 heavy (non-hydrogen) atoms. The molecule has 7 nitrogen and oxygen atoms in total. The predicted molar refractivity (Wildman–Crippen MR) is 108 cm³/mol. The van der Waals surface area contributed by atoms with Gasteiger partial charge in [0.15, 0.2) is 0 Å². The van der Waals surface area contributed by atoms with Crippen molar-refractivity contribution in [3.63, 3.8) is 0 Å². The highest BCUT2D eigenvalue weighted by atomic mass is 32.1. The van der Waals surface area contributed by atoms with Crippen molar-refractivity contribution in [2.24, 2.45) is 0 Å². The second-order valence-electron chi connectivity index (χ2n) is 6.58. The van der Waals surface area contributed by atoms with E-state index in [9.17, 15) is 9.59 Å². The van der Waals surface area contributed by atoms with E-state index in [0.717, 1.165) is 49.7 Å². The highest BCUT2D eigenvalue weighted by Gasteiger charge is 2.19. The molecule has 2 aromatic heterocycles. The number of methoxy groups -OCH3 is 1. The Balaban J connectivity index is 1.41. The lowest BCUT2D eigenvalue weighted by atomic mass is 10.2. The molecule has 0 radical (unpaired) electrons. The molecule has 142 valence electrons. The van der Waals surface area contributed by atoms with Gasteiger partial charge >= 0.3 is 5.69 Å². The number of benzene rings is 1. The first-order valence-electron chi connectivity index (χ1n) is 8.96. The van der Waals surface area contributed by atoms with E-state index in [0.29, 0.717) is 11.9 Å². The molecule has 3 aromatic rings. The van der Waals surface area contributed by atoms with Crippen molar-refractivity contribution in [1.82, 2.24) is 14.5 Å². The lowest BCUT2D eigenvalue weighted by molar-refractivity contribution is 0.247. The summed E-state index contributed by atoms with van der Waals surface area (Å²) < 4.78 is 7.13. The highest BCUT2D eigenvalue weighted by molar-refractivity contribution is 7.09. The van der Waals surface area contributed by atoms with E-state index in [1.54, 1.807) is 17.1 Å². The van der Waals surface area contributed by atoms with Gasteiger partial charge in [-0.15, -0.1) is 11.3 Å². The maximum Gasteiger partial charge on any atom is 0.328 e. The largest absolute Gasteiger partial charge is 0.495 e. The zero-order valence-electron chi connectivity index (χ0n) is 15.2. The quantitative estimate of drug-likeness (QED) is 0.721. The normalized spacial score (nSPS) is 15.4. The molecule has 0 spiro atoms. The number of H-pyrrole nitrogens is 1. The monoisotopic (exact) mass is 386 g/mol. The van der Waals surface area contributed by atoms with E-state index in [-0.39, 0.29) is 11.2 Å². The Labute approximate surface area is 160 Å². The van der Waals surface area contributed by atoms with Crippen molar-refractivity contribution in [2.45, 2.75) is 6.54 Å². The number of anilines is 1. The van der Waals surface area contributed by atoms with Gasteiger partial charge in [-0.3, -0.25) is 19.2 Å². The van der Waals surface area contributed by atoms with Crippen molar-refractivity contribution < 1.29 is 4.74 Å². The first-order chi connectivity index (χ1) is 13.2. The van der Waals surface area contributed by atoms with Crippen LogP contribution in [0.3, 0.4) is 0 Å². The van der Waals surface area contributed by atoms with Crippen LogP contribution in [0.15, 0.2) is 44.6 Å². The van der Waals surface area contributed by atoms with Crippen molar-refractivity contribution in [1.29, 1.82) is 0 Å². The van der Waals surface area contributed by atoms with Gasteiger partial charge in [0, 0.05) is 50.0 Å². The third-order valence-corrected chi connectivity index (χ3v) is 5.81. The zero-order valence-corrected chi connectivity index (χ0v) is 16.0. The van der Waals surface area contributed by atoms with Gasteiger partial charge < -0.3 is 9.64 Å². The van der Waals surface area contributed by atoms with Crippen LogP contribution in [0, 0.1) is 0 Å². The molecule has 1 saturated heterocycles. The summed E-state index contributed by atoms with van der Waals surface area (Å²) in [4.78, 5) is 31.2. The number of ether oxygens (including phenoxy) is 1. The average molecular weight is 386 g/mol. The lowest BCUT2D eigenvalue weighted by Gasteiger charge is -2.36. The number of rotatable bonds is 5. The molecule has 1 N–H and O–H groups in total. The number of aromatic amines is 1. The van der Waals surface area contributed by atoms with Crippen molar-refractivity contribution in [2.75, 3.05) is 44.7 Å². The summed E-state index contributed by atoms with van der Waals surface area (Å²) in [7, 11) is 1.70. The SMILES string of the molecule is COc1ccccc1N1CCN(CCn2c(=O)[nH]c(=O)c3cscc32)CC1. The number of piperazine rings is 1. The fourth-order valence-corrected chi connectivity index (χ4v) is 4.39. The number of hydrogen-bond acceptors (Lipinski definition) is 6. The summed E-state index contributed by atoms with van der Waals surface area (Å²) in [5, 5.41) is 4.24. The van der Waals surface area contributed by atoms with Gasteiger partial charge in [-0.2, -0.15) is 0 Å². The number of aromatic nitrogens is 2. The highest BCUT2D eigenvalue weighted by Crippen LogP contribution is 2.28. The maximum absolute atomic E-state index is 12.2. The fourth-order valence-electron chi connectivity index (χ4n) is 3.58. The molecule has 1 aromatic carbocycles. The summed E-state index contributed by atoms with van der Waals surface area (Å²) in [5.41, 5.74) is 1.20. The van der Waals surface area contributed by atoms with Crippen LogP contribution in [0.2, 0.25) is 0 Å². The first-order valence-corrected chi connectivity index (χ1v) is 9.91. The molecule has 0 saturated carbocycles.